The third-order valence-corrected chi connectivity index (χ3v) is 3.16. The zero-order valence-corrected chi connectivity index (χ0v) is 11.3. The summed E-state index contributed by atoms with van der Waals surface area (Å²) in [5.41, 5.74) is 2.85. The molecule has 0 saturated carbocycles. The highest BCUT2D eigenvalue weighted by Crippen LogP contribution is 2.20. The molecule has 0 spiro atoms. The van der Waals surface area contributed by atoms with E-state index >= 15 is 0 Å². The van der Waals surface area contributed by atoms with Crippen LogP contribution < -0.4 is 5.32 Å². The highest BCUT2D eigenvalue weighted by atomic mass is 79.9. The number of nitrogens with one attached hydrogen (secondary N) is 1. The van der Waals surface area contributed by atoms with E-state index in [4.69, 9.17) is 0 Å². The first kappa shape index (κ1) is 12.1. The molecule has 0 unspecified atom stereocenters. The molecule has 2 aromatic rings. The molecule has 0 aliphatic rings. The van der Waals surface area contributed by atoms with Crippen molar-refractivity contribution in [3.63, 3.8) is 0 Å². The standard InChI is InChI=1S/C12H13BrFN3/c1-8-9(7-17(2)16-8)6-15-10-3-4-11(13)12(14)5-10/h3-5,7,15H,6H2,1-2H3. The summed E-state index contributed by atoms with van der Waals surface area (Å²) in [6.45, 7) is 2.60. The van der Waals surface area contributed by atoms with Gasteiger partial charge in [0.05, 0.1) is 10.2 Å². The highest BCUT2D eigenvalue weighted by Gasteiger charge is 2.04. The molecule has 0 amide bonds. The summed E-state index contributed by atoms with van der Waals surface area (Å²) < 4.78 is 15.5. The quantitative estimate of drug-likeness (QED) is 0.942. The van der Waals surface area contributed by atoms with Crippen LogP contribution in [0.1, 0.15) is 11.3 Å². The second-order valence-electron chi connectivity index (χ2n) is 3.90. The predicted molar refractivity (Wildman–Crippen MR) is 69.4 cm³/mol. The summed E-state index contributed by atoms with van der Waals surface area (Å²) in [5, 5.41) is 7.42. The normalized spacial score (nSPS) is 10.6. The zero-order chi connectivity index (χ0) is 12.4. The number of hydrogen-bond acceptors (Lipinski definition) is 2. The minimum Gasteiger partial charge on any atom is -0.381 e. The van der Waals surface area contributed by atoms with Crippen molar-refractivity contribution in [2.75, 3.05) is 5.32 Å². The van der Waals surface area contributed by atoms with Crippen molar-refractivity contribution in [2.24, 2.45) is 7.05 Å². The van der Waals surface area contributed by atoms with Crippen molar-refractivity contribution < 1.29 is 4.39 Å². The number of aryl methyl sites for hydroxylation is 2. The molecule has 3 nitrogen and oxygen atoms in total. The van der Waals surface area contributed by atoms with E-state index in [1.54, 1.807) is 10.7 Å². The summed E-state index contributed by atoms with van der Waals surface area (Å²) in [6.07, 6.45) is 1.96. The van der Waals surface area contributed by atoms with Gasteiger partial charge in [0.1, 0.15) is 5.82 Å². The van der Waals surface area contributed by atoms with E-state index in [9.17, 15) is 4.39 Å². The Morgan fingerprint density at radius 3 is 2.82 bits per heavy atom. The second kappa shape index (κ2) is 4.87. The van der Waals surface area contributed by atoms with Gasteiger partial charge in [0.15, 0.2) is 0 Å². The number of aromatic nitrogens is 2. The summed E-state index contributed by atoms with van der Waals surface area (Å²) in [4.78, 5) is 0. The monoisotopic (exact) mass is 297 g/mol. The van der Waals surface area contributed by atoms with Gasteiger partial charge in [0.2, 0.25) is 0 Å². The third kappa shape index (κ3) is 2.85. The fourth-order valence-corrected chi connectivity index (χ4v) is 1.87. The van der Waals surface area contributed by atoms with Gasteiger partial charge in [-0.15, -0.1) is 0 Å². The van der Waals surface area contributed by atoms with Gasteiger partial charge in [0, 0.05) is 31.0 Å². The van der Waals surface area contributed by atoms with Crippen molar-refractivity contribution >= 4 is 21.6 Å². The van der Waals surface area contributed by atoms with Gasteiger partial charge >= 0.3 is 0 Å². The Balaban J connectivity index is 2.07. The van der Waals surface area contributed by atoms with E-state index in [0.717, 1.165) is 16.9 Å². The Hall–Kier alpha value is -1.36. The Morgan fingerprint density at radius 2 is 2.24 bits per heavy atom. The van der Waals surface area contributed by atoms with Crippen LogP contribution in [0.4, 0.5) is 10.1 Å². The van der Waals surface area contributed by atoms with Gasteiger partial charge in [-0.1, -0.05) is 0 Å². The first-order chi connectivity index (χ1) is 8.06. The number of benzene rings is 1. The smallest absolute Gasteiger partial charge is 0.139 e. The Bertz CT molecular complexity index is 537. The highest BCUT2D eigenvalue weighted by molar-refractivity contribution is 9.10. The molecule has 1 N–H and O–H groups in total. The Kier molecular flexibility index (Phi) is 3.47. The number of hydrogen-bond donors (Lipinski definition) is 1. The molecule has 1 aromatic carbocycles. The van der Waals surface area contributed by atoms with E-state index < -0.39 is 0 Å². The minimum absolute atomic E-state index is 0.266. The van der Waals surface area contributed by atoms with E-state index in [2.05, 4.69) is 26.3 Å². The van der Waals surface area contributed by atoms with Gasteiger partial charge in [-0.2, -0.15) is 5.10 Å². The molecule has 0 fully saturated rings. The summed E-state index contributed by atoms with van der Waals surface area (Å²) >= 11 is 3.12. The molecule has 0 atom stereocenters. The van der Waals surface area contributed by atoms with Crippen LogP contribution in [0.25, 0.3) is 0 Å². The average Bonchev–Trinajstić information content (AvgIpc) is 2.59. The molecule has 0 saturated heterocycles. The van der Waals surface area contributed by atoms with Crippen LogP contribution in [0.2, 0.25) is 0 Å². The summed E-state index contributed by atoms with van der Waals surface area (Å²) in [7, 11) is 1.88. The largest absolute Gasteiger partial charge is 0.381 e. The predicted octanol–water partition coefficient (Wildman–Crippen LogP) is 3.24. The number of halogens is 2. The molecular formula is C12H13BrFN3. The molecule has 90 valence electrons. The van der Waals surface area contributed by atoms with E-state index in [1.807, 2.05) is 26.2 Å². The minimum atomic E-state index is -0.266. The van der Waals surface area contributed by atoms with Crippen LogP contribution >= 0.6 is 15.9 Å². The van der Waals surface area contributed by atoms with Gasteiger partial charge < -0.3 is 5.32 Å². The van der Waals surface area contributed by atoms with Gasteiger partial charge in [-0.05, 0) is 41.1 Å². The van der Waals surface area contributed by atoms with Crippen molar-refractivity contribution in [3.05, 3.63) is 45.9 Å². The zero-order valence-electron chi connectivity index (χ0n) is 9.67. The number of nitrogens with zero attached hydrogens (tertiary/aromatic N) is 2. The Morgan fingerprint density at radius 1 is 1.47 bits per heavy atom. The van der Waals surface area contributed by atoms with Gasteiger partial charge in [-0.3, -0.25) is 4.68 Å². The van der Waals surface area contributed by atoms with Crippen molar-refractivity contribution in [1.29, 1.82) is 0 Å². The number of anilines is 1. The fourth-order valence-electron chi connectivity index (χ4n) is 1.63. The lowest BCUT2D eigenvalue weighted by atomic mass is 10.2. The van der Waals surface area contributed by atoms with E-state index in [-0.39, 0.29) is 5.82 Å². The molecule has 1 aromatic heterocycles. The van der Waals surface area contributed by atoms with E-state index in [0.29, 0.717) is 11.0 Å². The van der Waals surface area contributed by atoms with Crippen LogP contribution in [0.15, 0.2) is 28.9 Å². The summed E-state index contributed by atoms with van der Waals surface area (Å²) in [6, 6.07) is 4.99. The van der Waals surface area contributed by atoms with Crippen molar-refractivity contribution in [3.8, 4) is 0 Å². The first-order valence-corrected chi connectivity index (χ1v) is 6.03. The van der Waals surface area contributed by atoms with Gasteiger partial charge in [0.25, 0.3) is 0 Å². The number of rotatable bonds is 3. The summed E-state index contributed by atoms with van der Waals surface area (Å²) in [5.74, 6) is -0.266. The lowest BCUT2D eigenvalue weighted by Gasteiger charge is -2.06. The topological polar surface area (TPSA) is 29.9 Å². The lowest BCUT2D eigenvalue weighted by molar-refractivity contribution is 0.621. The van der Waals surface area contributed by atoms with Crippen LogP contribution in [-0.4, -0.2) is 9.78 Å². The maximum Gasteiger partial charge on any atom is 0.139 e. The van der Waals surface area contributed by atoms with Crippen molar-refractivity contribution in [1.82, 2.24) is 9.78 Å². The van der Waals surface area contributed by atoms with Gasteiger partial charge in [-0.25, -0.2) is 4.39 Å². The fraction of sp³-hybridized carbons (Fsp3) is 0.250. The van der Waals surface area contributed by atoms with Crippen LogP contribution in [-0.2, 0) is 13.6 Å². The molecule has 0 radical (unpaired) electrons. The van der Waals surface area contributed by atoms with Crippen molar-refractivity contribution in [2.45, 2.75) is 13.5 Å². The molecule has 0 aliphatic carbocycles. The molecular weight excluding hydrogens is 285 g/mol. The molecule has 0 bridgehead atoms. The van der Waals surface area contributed by atoms with E-state index in [1.165, 1.54) is 6.07 Å². The SMILES string of the molecule is Cc1nn(C)cc1CNc1ccc(Br)c(F)c1. The molecule has 2 rings (SSSR count). The second-order valence-corrected chi connectivity index (χ2v) is 4.75. The van der Waals surface area contributed by atoms with Crippen LogP contribution in [0.5, 0.6) is 0 Å². The third-order valence-electron chi connectivity index (χ3n) is 2.52. The maximum absolute atomic E-state index is 13.3. The molecule has 5 heteroatoms. The molecule has 1 heterocycles. The maximum atomic E-state index is 13.3. The van der Waals surface area contributed by atoms with Crippen LogP contribution in [0, 0.1) is 12.7 Å². The van der Waals surface area contributed by atoms with Crippen LogP contribution in [0.3, 0.4) is 0 Å². The Labute approximate surface area is 108 Å². The molecule has 0 aliphatic heterocycles. The lowest BCUT2D eigenvalue weighted by Crippen LogP contribution is -2.00. The average molecular weight is 298 g/mol. The molecule has 17 heavy (non-hydrogen) atoms. The first-order valence-electron chi connectivity index (χ1n) is 5.24.